The molecule has 0 spiro atoms. The van der Waals surface area contributed by atoms with Gasteiger partial charge in [0.2, 0.25) is 5.91 Å². The Morgan fingerprint density at radius 1 is 1.17 bits per heavy atom. The third-order valence-electron chi connectivity index (χ3n) is 6.92. The van der Waals surface area contributed by atoms with Crippen LogP contribution in [0.15, 0.2) is 49.2 Å². The number of H-pyrrole nitrogens is 1. The first-order valence-corrected chi connectivity index (χ1v) is 12.2. The fourth-order valence-electron chi connectivity index (χ4n) is 4.94. The first-order chi connectivity index (χ1) is 16.9. The van der Waals surface area contributed by atoms with Gasteiger partial charge in [0, 0.05) is 23.1 Å². The quantitative estimate of drug-likeness (QED) is 0.414. The topological polar surface area (TPSA) is 105 Å². The number of aryl methyl sites for hydroxylation is 2. The van der Waals surface area contributed by atoms with Crippen LogP contribution in [0, 0.1) is 25.7 Å². The van der Waals surface area contributed by atoms with Crippen LogP contribution in [0.5, 0.6) is 0 Å². The number of hydrogen-bond donors (Lipinski definition) is 3. The van der Waals surface area contributed by atoms with Crippen molar-refractivity contribution in [2.45, 2.75) is 59.0 Å². The molecule has 1 saturated carbocycles. The summed E-state index contributed by atoms with van der Waals surface area (Å²) in [6.45, 7) is 10.3. The lowest BCUT2D eigenvalue weighted by atomic mass is 9.79. The number of nitrogens with zero attached hydrogens (tertiary/aromatic N) is 3. The number of allylic oxidation sites excluding steroid dienone is 1. The number of aromatic amines is 1. The van der Waals surface area contributed by atoms with Gasteiger partial charge in [0.15, 0.2) is 0 Å². The molecule has 0 aliphatic heterocycles. The molecule has 1 atom stereocenters. The van der Waals surface area contributed by atoms with Crippen LogP contribution in [0.3, 0.4) is 0 Å². The highest BCUT2D eigenvalue weighted by Crippen LogP contribution is 2.31. The summed E-state index contributed by atoms with van der Waals surface area (Å²) in [5.41, 5.74) is 5.15. The van der Waals surface area contributed by atoms with Gasteiger partial charge in [-0.25, -0.2) is 0 Å². The first kappa shape index (κ1) is 24.4. The van der Waals surface area contributed by atoms with E-state index in [1.54, 1.807) is 23.0 Å². The number of rotatable bonds is 8. The lowest BCUT2D eigenvalue weighted by Crippen LogP contribution is -2.49. The number of anilines is 1. The molecule has 1 fully saturated rings. The first-order valence-electron chi connectivity index (χ1n) is 12.2. The maximum absolute atomic E-state index is 13.5. The number of benzene rings is 1. The zero-order valence-electron chi connectivity index (χ0n) is 20.7. The van der Waals surface area contributed by atoms with Crippen molar-refractivity contribution < 1.29 is 9.59 Å². The van der Waals surface area contributed by atoms with E-state index < -0.39 is 6.04 Å². The second kappa shape index (κ2) is 10.7. The molecule has 3 aromatic rings. The number of nitrogens with one attached hydrogen (secondary N) is 3. The monoisotopic (exact) mass is 474 g/mol. The van der Waals surface area contributed by atoms with Crippen molar-refractivity contribution in [1.82, 2.24) is 25.3 Å². The molecule has 2 amide bonds. The number of carbonyl (C=O) groups is 2. The second-order valence-corrected chi connectivity index (χ2v) is 9.53. The van der Waals surface area contributed by atoms with Crippen LogP contribution in [-0.2, 0) is 11.3 Å². The van der Waals surface area contributed by atoms with Crippen LogP contribution in [-0.4, -0.2) is 37.8 Å². The molecule has 3 N–H and O–H groups in total. The van der Waals surface area contributed by atoms with Crippen LogP contribution < -0.4 is 10.6 Å². The molecule has 0 saturated heterocycles. The zero-order chi connectivity index (χ0) is 24.9. The van der Waals surface area contributed by atoms with Crippen molar-refractivity contribution in [3.63, 3.8) is 0 Å². The minimum atomic E-state index is -0.625. The van der Waals surface area contributed by atoms with Gasteiger partial charge in [-0.05, 0) is 62.3 Å². The zero-order valence-corrected chi connectivity index (χ0v) is 20.7. The van der Waals surface area contributed by atoms with Gasteiger partial charge >= 0.3 is 0 Å². The fourth-order valence-corrected chi connectivity index (χ4v) is 4.94. The van der Waals surface area contributed by atoms with Crippen molar-refractivity contribution in [1.29, 1.82) is 0 Å². The van der Waals surface area contributed by atoms with E-state index in [2.05, 4.69) is 39.4 Å². The fraction of sp³-hybridized carbons (Fsp3) is 0.407. The highest BCUT2D eigenvalue weighted by Gasteiger charge is 2.33. The molecule has 35 heavy (non-hydrogen) atoms. The number of carbonyl (C=O) groups excluding carboxylic acids is 2. The van der Waals surface area contributed by atoms with Crippen molar-refractivity contribution in [2.75, 3.05) is 5.32 Å². The number of amides is 2. The molecular weight excluding hydrogens is 440 g/mol. The normalized spacial score (nSPS) is 18.6. The van der Waals surface area contributed by atoms with E-state index in [-0.39, 0.29) is 17.7 Å². The van der Waals surface area contributed by atoms with Gasteiger partial charge in [-0.15, -0.1) is 6.58 Å². The predicted molar refractivity (Wildman–Crippen MR) is 137 cm³/mol. The van der Waals surface area contributed by atoms with E-state index in [9.17, 15) is 9.59 Å². The van der Waals surface area contributed by atoms with Crippen molar-refractivity contribution >= 4 is 17.5 Å². The highest BCUT2D eigenvalue weighted by atomic mass is 16.2. The van der Waals surface area contributed by atoms with Gasteiger partial charge < -0.3 is 10.6 Å². The summed E-state index contributed by atoms with van der Waals surface area (Å²) in [7, 11) is 0. The van der Waals surface area contributed by atoms with E-state index in [1.807, 2.05) is 38.1 Å². The second-order valence-electron chi connectivity index (χ2n) is 9.53. The van der Waals surface area contributed by atoms with Crippen LogP contribution in [0.2, 0.25) is 0 Å². The Hall–Kier alpha value is -3.68. The van der Waals surface area contributed by atoms with Crippen LogP contribution in [0.25, 0.3) is 11.1 Å². The smallest absolute Gasteiger partial charge is 0.270 e. The van der Waals surface area contributed by atoms with Crippen molar-refractivity contribution in [3.05, 3.63) is 66.3 Å². The Bertz CT molecular complexity index is 1170. The largest absolute Gasteiger partial charge is 0.339 e. The van der Waals surface area contributed by atoms with Gasteiger partial charge in [-0.1, -0.05) is 38.0 Å². The Morgan fingerprint density at radius 2 is 1.89 bits per heavy atom. The maximum atomic E-state index is 13.5. The minimum absolute atomic E-state index is 0.0847. The third kappa shape index (κ3) is 5.53. The van der Waals surface area contributed by atoms with Gasteiger partial charge in [0.25, 0.3) is 5.91 Å². The van der Waals surface area contributed by atoms with Crippen molar-refractivity contribution in [3.8, 4) is 11.1 Å². The Balaban J connectivity index is 1.51. The number of aromatic nitrogens is 4. The van der Waals surface area contributed by atoms with Gasteiger partial charge in [-0.3, -0.25) is 19.4 Å². The molecule has 184 valence electrons. The molecule has 1 aliphatic carbocycles. The average molecular weight is 475 g/mol. The standard InChI is InChI=1S/C27H34N6O2/c1-5-16-33-23(14-15-28-33)26(34)30-25(21-8-6-17(2)7-9-21)27(35)29-22-12-10-20(11-13-22)24-18(3)31-32-19(24)4/h5,10-15,17,21,25H,1,6-9,16H2,2-4H3,(H,29,35)(H,30,34)(H,31,32)/t17?,21?,25-/m0/s1. The van der Waals surface area contributed by atoms with E-state index in [0.717, 1.165) is 48.2 Å². The summed E-state index contributed by atoms with van der Waals surface area (Å²) < 4.78 is 1.58. The molecule has 2 aromatic heterocycles. The van der Waals surface area contributed by atoms with E-state index in [0.29, 0.717) is 23.8 Å². The molecule has 1 aliphatic rings. The summed E-state index contributed by atoms with van der Waals surface area (Å²) >= 11 is 0. The molecule has 8 heteroatoms. The van der Waals surface area contributed by atoms with Gasteiger partial charge in [-0.2, -0.15) is 10.2 Å². The van der Waals surface area contributed by atoms with Crippen molar-refractivity contribution in [2.24, 2.45) is 11.8 Å². The molecule has 0 unspecified atom stereocenters. The Labute approximate surface area is 206 Å². The summed E-state index contributed by atoms with van der Waals surface area (Å²) in [5, 5.41) is 17.5. The molecule has 4 rings (SSSR count). The summed E-state index contributed by atoms with van der Waals surface area (Å²) in [4.78, 5) is 26.6. The highest BCUT2D eigenvalue weighted by molar-refractivity contribution is 6.00. The van der Waals surface area contributed by atoms with Gasteiger partial charge in [0.05, 0.1) is 12.2 Å². The molecular formula is C27H34N6O2. The lowest BCUT2D eigenvalue weighted by Gasteiger charge is -2.32. The number of hydrogen-bond acceptors (Lipinski definition) is 4. The lowest BCUT2D eigenvalue weighted by molar-refractivity contribution is -0.119. The average Bonchev–Trinajstić information content (AvgIpc) is 3.45. The maximum Gasteiger partial charge on any atom is 0.270 e. The molecule has 0 bridgehead atoms. The van der Waals surface area contributed by atoms with Gasteiger partial charge in [0.1, 0.15) is 11.7 Å². The van der Waals surface area contributed by atoms with E-state index in [1.165, 1.54) is 0 Å². The molecule has 0 radical (unpaired) electrons. The summed E-state index contributed by atoms with van der Waals surface area (Å²) in [5.74, 6) is 0.226. The molecule has 2 heterocycles. The van der Waals surface area contributed by atoms with Crippen LogP contribution >= 0.6 is 0 Å². The minimum Gasteiger partial charge on any atom is -0.339 e. The summed E-state index contributed by atoms with van der Waals surface area (Å²) in [6.07, 6.45) is 7.19. The Kier molecular flexibility index (Phi) is 7.48. The van der Waals surface area contributed by atoms with Crippen LogP contribution in [0.1, 0.15) is 54.5 Å². The van der Waals surface area contributed by atoms with E-state index in [4.69, 9.17) is 0 Å². The third-order valence-corrected chi connectivity index (χ3v) is 6.92. The predicted octanol–water partition coefficient (Wildman–Crippen LogP) is 4.64. The SMILES string of the molecule is C=CCn1nccc1C(=O)N[C@H](C(=O)Nc1ccc(-c2c(C)n[nH]c2C)cc1)C1CCC(C)CC1. The molecule has 8 nitrogen and oxygen atoms in total. The van der Waals surface area contributed by atoms with Crippen LogP contribution in [0.4, 0.5) is 5.69 Å². The summed E-state index contributed by atoms with van der Waals surface area (Å²) in [6, 6.07) is 8.77. The molecule has 1 aromatic carbocycles. The van der Waals surface area contributed by atoms with E-state index >= 15 is 0 Å². The Morgan fingerprint density at radius 3 is 2.51 bits per heavy atom.